The van der Waals surface area contributed by atoms with Gasteiger partial charge in [-0.1, -0.05) is 18.5 Å². The van der Waals surface area contributed by atoms with Crippen LogP contribution in [0.4, 0.5) is 5.69 Å². The summed E-state index contributed by atoms with van der Waals surface area (Å²) in [5.41, 5.74) is 0.689. The maximum atomic E-state index is 13.0. The molecule has 1 fully saturated rings. The van der Waals surface area contributed by atoms with Crippen molar-refractivity contribution in [1.82, 2.24) is 4.90 Å². The molecule has 0 spiro atoms. The van der Waals surface area contributed by atoms with Crippen LogP contribution >= 0.6 is 11.6 Å². The lowest BCUT2D eigenvalue weighted by Crippen LogP contribution is -2.39. The molecule has 0 bridgehead atoms. The summed E-state index contributed by atoms with van der Waals surface area (Å²) >= 11 is 6.29. The Labute approximate surface area is 177 Å². The first-order valence-electron chi connectivity index (χ1n) is 9.46. The molecular weight excluding hydrogens is 412 g/mol. The zero-order valence-electron chi connectivity index (χ0n) is 16.8. The van der Waals surface area contributed by atoms with Gasteiger partial charge < -0.3 is 9.64 Å². The Morgan fingerprint density at radius 3 is 2.52 bits per heavy atom. The normalized spacial score (nSPS) is 17.1. The number of anilines is 1. The van der Waals surface area contributed by atoms with Crippen molar-refractivity contribution in [2.24, 2.45) is 5.92 Å². The lowest BCUT2D eigenvalue weighted by atomic mass is 9.99. The molecule has 0 N–H and O–H groups in total. The third-order valence-corrected chi connectivity index (χ3v) is 7.34. The predicted octanol–water partition coefficient (Wildman–Crippen LogP) is 4.05. The average Bonchev–Trinajstić information content (AvgIpc) is 2.73. The molecule has 1 saturated heterocycles. The van der Waals surface area contributed by atoms with Crippen LogP contribution in [0, 0.1) is 5.92 Å². The van der Waals surface area contributed by atoms with E-state index in [1.54, 1.807) is 35.2 Å². The summed E-state index contributed by atoms with van der Waals surface area (Å²) in [6.45, 7) is 3.48. The summed E-state index contributed by atoms with van der Waals surface area (Å²) in [6.07, 6.45) is 2.05. The molecule has 2 aromatic rings. The number of hydrogen-bond donors (Lipinski definition) is 0. The molecule has 6 nitrogen and oxygen atoms in total. The maximum Gasteiger partial charge on any atom is 0.264 e. The van der Waals surface area contributed by atoms with Crippen LogP contribution in [0.2, 0.25) is 5.02 Å². The van der Waals surface area contributed by atoms with E-state index in [0.717, 1.165) is 17.1 Å². The molecule has 156 valence electrons. The van der Waals surface area contributed by atoms with E-state index in [1.165, 1.54) is 26.3 Å². The fraction of sp³-hybridized carbons (Fsp3) is 0.381. The van der Waals surface area contributed by atoms with Gasteiger partial charge in [0.15, 0.2) is 0 Å². The number of carbonyl (C=O) groups excluding carboxylic acids is 1. The monoisotopic (exact) mass is 436 g/mol. The third-order valence-electron chi connectivity index (χ3n) is 5.21. The van der Waals surface area contributed by atoms with E-state index in [4.69, 9.17) is 16.3 Å². The van der Waals surface area contributed by atoms with E-state index in [0.29, 0.717) is 41.0 Å². The highest BCUT2D eigenvalue weighted by molar-refractivity contribution is 7.92. The number of likely N-dealkylation sites (tertiary alicyclic amines) is 1. The van der Waals surface area contributed by atoms with Gasteiger partial charge in [0, 0.05) is 20.1 Å². The number of benzene rings is 2. The number of amides is 1. The summed E-state index contributed by atoms with van der Waals surface area (Å²) in [6, 6.07) is 10.9. The van der Waals surface area contributed by atoms with E-state index in [2.05, 4.69) is 6.92 Å². The lowest BCUT2D eigenvalue weighted by Gasteiger charge is -2.31. The van der Waals surface area contributed by atoms with Crippen LogP contribution in [0.25, 0.3) is 0 Å². The maximum absolute atomic E-state index is 13.0. The first-order chi connectivity index (χ1) is 13.7. The van der Waals surface area contributed by atoms with Crippen LogP contribution in [-0.4, -0.2) is 46.5 Å². The molecule has 0 saturated carbocycles. The Morgan fingerprint density at radius 2 is 1.90 bits per heavy atom. The molecule has 0 aliphatic carbocycles. The van der Waals surface area contributed by atoms with E-state index in [9.17, 15) is 13.2 Å². The fourth-order valence-electron chi connectivity index (χ4n) is 3.46. The highest BCUT2D eigenvalue weighted by Gasteiger charge is 2.26. The van der Waals surface area contributed by atoms with Crippen molar-refractivity contribution in [2.45, 2.75) is 24.7 Å². The number of piperidine rings is 1. The Balaban J connectivity index is 1.90. The molecule has 8 heteroatoms. The van der Waals surface area contributed by atoms with Crippen molar-refractivity contribution in [3.8, 4) is 5.75 Å². The van der Waals surface area contributed by atoms with Gasteiger partial charge in [0.25, 0.3) is 15.9 Å². The highest BCUT2D eigenvalue weighted by atomic mass is 35.5. The Morgan fingerprint density at radius 1 is 1.21 bits per heavy atom. The average molecular weight is 437 g/mol. The van der Waals surface area contributed by atoms with Gasteiger partial charge in [-0.25, -0.2) is 8.42 Å². The van der Waals surface area contributed by atoms with Crippen LogP contribution in [0.3, 0.4) is 0 Å². The van der Waals surface area contributed by atoms with E-state index in [1.807, 2.05) is 0 Å². The van der Waals surface area contributed by atoms with Crippen molar-refractivity contribution in [2.75, 3.05) is 31.6 Å². The van der Waals surface area contributed by atoms with Gasteiger partial charge in [-0.05, 0) is 61.2 Å². The number of carbonyl (C=O) groups is 1. The quantitative estimate of drug-likeness (QED) is 0.709. The van der Waals surface area contributed by atoms with Crippen LogP contribution in [-0.2, 0) is 10.0 Å². The zero-order valence-corrected chi connectivity index (χ0v) is 18.3. The number of hydrogen-bond acceptors (Lipinski definition) is 4. The van der Waals surface area contributed by atoms with Gasteiger partial charge in [0.05, 0.1) is 28.3 Å². The van der Waals surface area contributed by atoms with Crippen LogP contribution in [0.15, 0.2) is 47.4 Å². The number of sulfonamides is 1. The smallest absolute Gasteiger partial charge is 0.264 e. The molecule has 1 aliphatic rings. The highest BCUT2D eigenvalue weighted by Crippen LogP contribution is 2.29. The van der Waals surface area contributed by atoms with Gasteiger partial charge in [-0.2, -0.15) is 0 Å². The van der Waals surface area contributed by atoms with Gasteiger partial charge >= 0.3 is 0 Å². The van der Waals surface area contributed by atoms with Crippen LogP contribution in [0.5, 0.6) is 5.75 Å². The second-order valence-electron chi connectivity index (χ2n) is 7.31. The number of ether oxygens (including phenoxy) is 1. The lowest BCUT2D eigenvalue weighted by molar-refractivity contribution is 0.0683. The Bertz CT molecular complexity index is 992. The van der Waals surface area contributed by atoms with Gasteiger partial charge in [-0.3, -0.25) is 9.10 Å². The molecule has 2 aromatic carbocycles. The Hall–Kier alpha value is -2.25. The summed E-state index contributed by atoms with van der Waals surface area (Å²) in [5.74, 6) is 0.841. The standard InChI is InChI=1S/C21H25ClN2O4S/c1-15-5-4-12-24(14-15)21(25)19-13-16(6-11-20(19)22)23(2)29(26,27)18-9-7-17(28-3)8-10-18/h6-11,13,15H,4-5,12,14H2,1-3H3/t15-/m0/s1. The molecule has 1 amide bonds. The number of halogens is 1. The van der Waals surface area contributed by atoms with E-state index >= 15 is 0 Å². The second kappa shape index (κ2) is 8.63. The van der Waals surface area contributed by atoms with Gasteiger partial charge in [0.1, 0.15) is 5.75 Å². The van der Waals surface area contributed by atoms with Crippen molar-refractivity contribution >= 4 is 33.2 Å². The molecule has 0 unspecified atom stereocenters. The summed E-state index contributed by atoms with van der Waals surface area (Å²) in [7, 11) is -0.819. The summed E-state index contributed by atoms with van der Waals surface area (Å²) in [5, 5.41) is 0.312. The molecule has 29 heavy (non-hydrogen) atoms. The molecule has 0 radical (unpaired) electrons. The second-order valence-corrected chi connectivity index (χ2v) is 9.69. The number of rotatable bonds is 5. The Kier molecular flexibility index (Phi) is 6.39. The SMILES string of the molecule is COc1ccc(S(=O)(=O)N(C)c2ccc(Cl)c(C(=O)N3CCC[C@H](C)C3)c2)cc1. The minimum absolute atomic E-state index is 0.133. The predicted molar refractivity (Wildman–Crippen MR) is 114 cm³/mol. The molecule has 1 aliphatic heterocycles. The first-order valence-corrected chi connectivity index (χ1v) is 11.3. The summed E-state index contributed by atoms with van der Waals surface area (Å²) < 4.78 is 32.2. The van der Waals surface area contributed by atoms with Crippen molar-refractivity contribution in [1.29, 1.82) is 0 Å². The molecule has 1 heterocycles. The van der Waals surface area contributed by atoms with E-state index < -0.39 is 10.0 Å². The number of methoxy groups -OCH3 is 1. The third kappa shape index (κ3) is 4.51. The van der Waals surface area contributed by atoms with Crippen molar-refractivity contribution in [3.63, 3.8) is 0 Å². The fourth-order valence-corrected chi connectivity index (χ4v) is 4.85. The van der Waals surface area contributed by atoms with Crippen molar-refractivity contribution in [3.05, 3.63) is 53.1 Å². The molecule has 0 aromatic heterocycles. The minimum Gasteiger partial charge on any atom is -0.497 e. The van der Waals surface area contributed by atoms with Crippen molar-refractivity contribution < 1.29 is 17.9 Å². The van der Waals surface area contributed by atoms with Gasteiger partial charge in [-0.15, -0.1) is 0 Å². The minimum atomic E-state index is -3.80. The zero-order chi connectivity index (χ0) is 21.2. The topological polar surface area (TPSA) is 66.9 Å². The first kappa shape index (κ1) is 21.5. The number of nitrogens with zero attached hydrogens (tertiary/aromatic N) is 2. The van der Waals surface area contributed by atoms with E-state index in [-0.39, 0.29) is 10.8 Å². The largest absolute Gasteiger partial charge is 0.497 e. The van der Waals surface area contributed by atoms with Crippen LogP contribution < -0.4 is 9.04 Å². The molecular formula is C21H25ClN2O4S. The van der Waals surface area contributed by atoms with Crippen LogP contribution in [0.1, 0.15) is 30.1 Å². The molecule has 3 rings (SSSR count). The molecule has 1 atom stereocenters. The van der Waals surface area contributed by atoms with Gasteiger partial charge in [0.2, 0.25) is 0 Å². The summed E-state index contributed by atoms with van der Waals surface area (Å²) in [4.78, 5) is 14.9.